The van der Waals surface area contributed by atoms with Crippen molar-refractivity contribution in [1.82, 2.24) is 20.6 Å². The second-order valence-electron chi connectivity index (χ2n) is 7.63. The summed E-state index contributed by atoms with van der Waals surface area (Å²) in [4.78, 5) is 33.3. The number of aryl methyl sites for hydroxylation is 1. The van der Waals surface area contributed by atoms with Crippen LogP contribution < -0.4 is 20.7 Å². The van der Waals surface area contributed by atoms with Crippen molar-refractivity contribution in [3.63, 3.8) is 0 Å². The molecule has 1 heterocycles. The molecule has 0 spiro atoms. The molecule has 3 aromatic rings. The highest BCUT2D eigenvalue weighted by Gasteiger charge is 2.24. The highest BCUT2D eigenvalue weighted by atomic mass is 16.5. The fraction of sp³-hybridized carbons (Fsp3) is 0.250. The fourth-order valence-corrected chi connectivity index (χ4v) is 3.00. The number of ether oxygens (including phenoxy) is 1. The van der Waals surface area contributed by atoms with Gasteiger partial charge in [-0.15, -0.1) is 0 Å². The first-order chi connectivity index (χ1) is 15.4. The summed E-state index contributed by atoms with van der Waals surface area (Å²) in [6.07, 6.45) is 3.19. The van der Waals surface area contributed by atoms with E-state index in [1.165, 1.54) is 0 Å². The van der Waals surface area contributed by atoms with Crippen LogP contribution in [0.3, 0.4) is 0 Å². The first-order valence-corrected chi connectivity index (χ1v) is 10.4. The summed E-state index contributed by atoms with van der Waals surface area (Å²) in [6, 6.07) is 15.7. The van der Waals surface area contributed by atoms with Crippen molar-refractivity contribution in [2.75, 3.05) is 5.32 Å². The number of carbonyl (C=O) groups excluding carboxylic acids is 2. The van der Waals surface area contributed by atoms with Gasteiger partial charge in [0.05, 0.1) is 0 Å². The molecule has 166 valence electrons. The monoisotopic (exact) mass is 433 g/mol. The Labute approximate surface area is 187 Å². The summed E-state index contributed by atoms with van der Waals surface area (Å²) in [6.45, 7) is 6.00. The molecule has 0 radical (unpaired) electrons. The number of nitrogens with one attached hydrogen (secondary N) is 3. The van der Waals surface area contributed by atoms with E-state index >= 15 is 0 Å². The van der Waals surface area contributed by atoms with Gasteiger partial charge in [0.15, 0.2) is 0 Å². The van der Waals surface area contributed by atoms with Gasteiger partial charge < -0.3 is 20.7 Å². The Balaban J connectivity index is 1.59. The van der Waals surface area contributed by atoms with Crippen LogP contribution in [-0.4, -0.2) is 27.9 Å². The molecule has 0 bridgehead atoms. The SMILES string of the molecule is Cc1cc(Oc2ncccn2)ccc1NC(=O)C(NC(=O)NCc1ccccc1)C(C)C. The summed E-state index contributed by atoms with van der Waals surface area (Å²) in [5, 5.41) is 8.45. The van der Waals surface area contributed by atoms with Crippen LogP contribution in [0.15, 0.2) is 67.0 Å². The van der Waals surface area contributed by atoms with Gasteiger partial charge in [0.2, 0.25) is 5.91 Å². The molecular formula is C24H27N5O3. The van der Waals surface area contributed by atoms with Crippen molar-refractivity contribution in [3.8, 4) is 11.8 Å². The topological polar surface area (TPSA) is 105 Å². The molecule has 1 atom stereocenters. The van der Waals surface area contributed by atoms with Gasteiger partial charge in [-0.2, -0.15) is 0 Å². The Bertz CT molecular complexity index is 1040. The first kappa shape index (κ1) is 22.7. The zero-order chi connectivity index (χ0) is 22.9. The summed E-state index contributed by atoms with van der Waals surface area (Å²) >= 11 is 0. The van der Waals surface area contributed by atoms with Gasteiger partial charge in [-0.25, -0.2) is 14.8 Å². The van der Waals surface area contributed by atoms with Crippen LogP contribution in [0.1, 0.15) is 25.0 Å². The number of nitrogens with zero attached hydrogens (tertiary/aromatic N) is 2. The Morgan fingerprint density at radius 2 is 1.72 bits per heavy atom. The van der Waals surface area contributed by atoms with E-state index < -0.39 is 12.1 Å². The molecule has 0 aliphatic rings. The van der Waals surface area contributed by atoms with Gasteiger partial charge in [-0.05, 0) is 48.2 Å². The average molecular weight is 434 g/mol. The lowest BCUT2D eigenvalue weighted by atomic mass is 10.0. The molecule has 3 N–H and O–H groups in total. The first-order valence-electron chi connectivity index (χ1n) is 10.4. The zero-order valence-electron chi connectivity index (χ0n) is 18.3. The maximum atomic E-state index is 12.9. The van der Waals surface area contributed by atoms with Crippen LogP contribution in [0.2, 0.25) is 0 Å². The number of aromatic nitrogens is 2. The Kier molecular flexibility index (Phi) is 7.75. The van der Waals surface area contributed by atoms with E-state index in [2.05, 4.69) is 25.9 Å². The van der Waals surface area contributed by atoms with Crippen molar-refractivity contribution in [1.29, 1.82) is 0 Å². The molecule has 8 heteroatoms. The molecule has 3 rings (SSSR count). The Morgan fingerprint density at radius 1 is 1.00 bits per heavy atom. The van der Waals surface area contributed by atoms with E-state index in [0.717, 1.165) is 11.1 Å². The van der Waals surface area contributed by atoms with Crippen LogP contribution in [0.4, 0.5) is 10.5 Å². The Hall–Kier alpha value is -3.94. The number of anilines is 1. The minimum absolute atomic E-state index is 0.101. The molecule has 3 amide bonds. The molecular weight excluding hydrogens is 406 g/mol. The van der Waals surface area contributed by atoms with Crippen molar-refractivity contribution in [2.45, 2.75) is 33.4 Å². The van der Waals surface area contributed by atoms with Gasteiger partial charge in [0.25, 0.3) is 0 Å². The lowest BCUT2D eigenvalue weighted by Crippen LogP contribution is -2.50. The number of hydrogen-bond donors (Lipinski definition) is 3. The average Bonchev–Trinajstić information content (AvgIpc) is 2.79. The predicted octanol–water partition coefficient (Wildman–Crippen LogP) is 4.04. The van der Waals surface area contributed by atoms with Crippen molar-refractivity contribution < 1.29 is 14.3 Å². The van der Waals surface area contributed by atoms with Gasteiger partial charge in [-0.1, -0.05) is 44.2 Å². The van der Waals surface area contributed by atoms with Gasteiger partial charge >= 0.3 is 12.0 Å². The molecule has 1 aromatic heterocycles. The largest absolute Gasteiger partial charge is 0.424 e. The quantitative estimate of drug-likeness (QED) is 0.497. The maximum absolute atomic E-state index is 12.9. The molecule has 0 saturated carbocycles. The van der Waals surface area contributed by atoms with Crippen LogP contribution in [0.25, 0.3) is 0 Å². The molecule has 1 unspecified atom stereocenters. The van der Waals surface area contributed by atoms with Crippen LogP contribution >= 0.6 is 0 Å². The van der Waals surface area contributed by atoms with Gasteiger partial charge in [0, 0.05) is 24.6 Å². The van der Waals surface area contributed by atoms with Crippen LogP contribution in [-0.2, 0) is 11.3 Å². The Morgan fingerprint density at radius 3 is 2.38 bits per heavy atom. The minimum Gasteiger partial charge on any atom is -0.424 e. The molecule has 2 aromatic carbocycles. The van der Waals surface area contributed by atoms with Gasteiger partial charge in [-0.3, -0.25) is 4.79 Å². The number of benzene rings is 2. The fourth-order valence-electron chi connectivity index (χ4n) is 3.00. The normalized spacial score (nSPS) is 11.5. The van der Waals surface area contributed by atoms with Crippen molar-refractivity contribution in [2.24, 2.45) is 5.92 Å². The highest BCUT2D eigenvalue weighted by molar-refractivity contribution is 5.97. The summed E-state index contributed by atoms with van der Waals surface area (Å²) in [5.41, 5.74) is 2.42. The molecule has 32 heavy (non-hydrogen) atoms. The molecule has 0 saturated heterocycles. The van der Waals surface area contributed by atoms with E-state index in [9.17, 15) is 9.59 Å². The van der Waals surface area contributed by atoms with E-state index in [4.69, 9.17) is 4.74 Å². The van der Waals surface area contributed by atoms with E-state index in [0.29, 0.717) is 18.0 Å². The maximum Gasteiger partial charge on any atom is 0.321 e. The third-order valence-corrected chi connectivity index (χ3v) is 4.74. The third-order valence-electron chi connectivity index (χ3n) is 4.74. The molecule has 8 nitrogen and oxygen atoms in total. The molecule has 0 aliphatic heterocycles. The number of amides is 3. The van der Waals surface area contributed by atoms with E-state index in [1.54, 1.807) is 36.7 Å². The smallest absolute Gasteiger partial charge is 0.321 e. The number of hydrogen-bond acceptors (Lipinski definition) is 5. The van der Waals surface area contributed by atoms with Gasteiger partial charge in [0.1, 0.15) is 11.8 Å². The molecule has 0 fully saturated rings. The molecule has 0 aliphatic carbocycles. The number of rotatable bonds is 8. The highest BCUT2D eigenvalue weighted by Crippen LogP contribution is 2.24. The number of urea groups is 1. The predicted molar refractivity (Wildman–Crippen MR) is 122 cm³/mol. The summed E-state index contributed by atoms with van der Waals surface area (Å²) in [7, 11) is 0. The number of carbonyl (C=O) groups is 2. The van der Waals surface area contributed by atoms with E-state index in [1.807, 2.05) is 51.1 Å². The summed E-state index contributed by atoms with van der Waals surface area (Å²) in [5.74, 6) is 0.166. The van der Waals surface area contributed by atoms with Crippen molar-refractivity contribution >= 4 is 17.6 Å². The lowest BCUT2D eigenvalue weighted by Gasteiger charge is -2.22. The van der Waals surface area contributed by atoms with Crippen LogP contribution in [0.5, 0.6) is 11.8 Å². The van der Waals surface area contributed by atoms with Crippen molar-refractivity contribution in [3.05, 3.63) is 78.1 Å². The zero-order valence-corrected chi connectivity index (χ0v) is 18.3. The standard InChI is InChI=1S/C24H27N5O3/c1-16(2)21(29-23(31)27-15-18-8-5-4-6-9-18)22(30)28-20-11-10-19(14-17(20)3)32-24-25-12-7-13-26-24/h4-14,16,21H,15H2,1-3H3,(H,28,30)(H2,27,29,31). The summed E-state index contributed by atoms with van der Waals surface area (Å²) < 4.78 is 5.62. The minimum atomic E-state index is -0.696. The lowest BCUT2D eigenvalue weighted by molar-refractivity contribution is -0.118. The third kappa shape index (κ3) is 6.53. The van der Waals surface area contributed by atoms with Crippen LogP contribution in [0, 0.1) is 12.8 Å². The van der Waals surface area contributed by atoms with E-state index in [-0.39, 0.29) is 17.8 Å². The second kappa shape index (κ2) is 10.9. The second-order valence-corrected chi connectivity index (χ2v) is 7.63.